The lowest BCUT2D eigenvalue weighted by atomic mass is 10.1. The van der Waals surface area contributed by atoms with E-state index in [0.29, 0.717) is 18.6 Å². The minimum absolute atomic E-state index is 0.0557. The van der Waals surface area contributed by atoms with Crippen LogP contribution in [0.2, 0.25) is 0 Å². The van der Waals surface area contributed by atoms with Crippen molar-refractivity contribution in [1.82, 2.24) is 5.16 Å². The zero-order valence-electron chi connectivity index (χ0n) is 13.2. The third-order valence-corrected chi connectivity index (χ3v) is 4.26. The number of nitrogens with zero attached hydrogens (tertiary/aromatic N) is 1. The molecule has 0 saturated carbocycles. The van der Waals surface area contributed by atoms with E-state index in [1.54, 1.807) is 18.9 Å². The summed E-state index contributed by atoms with van der Waals surface area (Å²) in [5.74, 6) is 1.38. The molecule has 2 aromatic rings. The molecule has 0 radical (unpaired) electrons. The Morgan fingerprint density at radius 2 is 2.18 bits per heavy atom. The highest BCUT2D eigenvalue weighted by atomic mass is 32.2. The van der Waals surface area contributed by atoms with Gasteiger partial charge >= 0.3 is 0 Å². The van der Waals surface area contributed by atoms with Gasteiger partial charge in [0.05, 0.1) is 18.5 Å². The molecule has 1 heterocycles. The number of aromatic nitrogens is 1. The molecule has 1 N–H and O–H groups in total. The molecule has 5 nitrogen and oxygen atoms in total. The van der Waals surface area contributed by atoms with Gasteiger partial charge in [0.2, 0.25) is 5.91 Å². The van der Waals surface area contributed by atoms with E-state index < -0.39 is 0 Å². The molecule has 0 saturated heterocycles. The van der Waals surface area contributed by atoms with Crippen LogP contribution >= 0.6 is 11.8 Å². The number of carbonyl (C=O) groups excluding carboxylic acids is 1. The van der Waals surface area contributed by atoms with Crippen molar-refractivity contribution >= 4 is 23.4 Å². The minimum atomic E-state index is -0.0557. The van der Waals surface area contributed by atoms with Crippen LogP contribution in [0, 0.1) is 13.8 Å². The van der Waals surface area contributed by atoms with Gasteiger partial charge in [-0.3, -0.25) is 4.79 Å². The van der Waals surface area contributed by atoms with Crippen LogP contribution in [0.25, 0.3) is 0 Å². The second-order valence-corrected chi connectivity index (χ2v) is 5.74. The molecule has 0 bridgehead atoms. The fraction of sp³-hybridized carbons (Fsp3) is 0.375. The first kappa shape index (κ1) is 16.4. The van der Waals surface area contributed by atoms with Crippen molar-refractivity contribution in [2.24, 2.45) is 0 Å². The van der Waals surface area contributed by atoms with Crippen molar-refractivity contribution in [3.8, 4) is 5.75 Å². The third kappa shape index (κ3) is 3.62. The Kier molecular flexibility index (Phi) is 5.49. The molecule has 22 heavy (non-hydrogen) atoms. The summed E-state index contributed by atoms with van der Waals surface area (Å²) < 4.78 is 10.4. The molecule has 0 spiro atoms. The maximum absolute atomic E-state index is 12.2. The van der Waals surface area contributed by atoms with Gasteiger partial charge in [0, 0.05) is 16.9 Å². The van der Waals surface area contributed by atoms with Crippen molar-refractivity contribution in [3.05, 3.63) is 35.2 Å². The first-order chi connectivity index (χ1) is 10.6. The molecular weight excluding hydrogens is 300 g/mol. The van der Waals surface area contributed by atoms with Crippen molar-refractivity contribution < 1.29 is 14.1 Å². The number of hydrogen-bond acceptors (Lipinski definition) is 5. The van der Waals surface area contributed by atoms with E-state index in [1.165, 1.54) is 0 Å². The van der Waals surface area contributed by atoms with E-state index in [4.69, 9.17) is 9.26 Å². The van der Waals surface area contributed by atoms with Crippen LogP contribution in [-0.2, 0) is 11.2 Å². The Balaban J connectivity index is 2.06. The second-order valence-electron chi connectivity index (χ2n) is 4.89. The van der Waals surface area contributed by atoms with Crippen molar-refractivity contribution in [1.29, 1.82) is 0 Å². The molecule has 0 fully saturated rings. The van der Waals surface area contributed by atoms with Crippen molar-refractivity contribution in [2.75, 3.05) is 18.7 Å². The highest BCUT2D eigenvalue weighted by Crippen LogP contribution is 2.34. The Labute approximate surface area is 134 Å². The van der Waals surface area contributed by atoms with Crippen LogP contribution in [0.15, 0.2) is 27.6 Å². The molecule has 0 aliphatic carbocycles. The lowest BCUT2D eigenvalue weighted by Gasteiger charge is -2.13. The van der Waals surface area contributed by atoms with E-state index in [2.05, 4.69) is 10.5 Å². The van der Waals surface area contributed by atoms with Crippen LogP contribution in [0.3, 0.4) is 0 Å². The molecule has 0 aliphatic rings. The van der Waals surface area contributed by atoms with Crippen LogP contribution in [0.4, 0.5) is 5.69 Å². The molecule has 2 rings (SSSR count). The summed E-state index contributed by atoms with van der Waals surface area (Å²) >= 11 is 1.57. The van der Waals surface area contributed by atoms with Gasteiger partial charge in [-0.2, -0.15) is 0 Å². The average molecular weight is 320 g/mol. The summed E-state index contributed by atoms with van der Waals surface area (Å²) in [6, 6.07) is 5.70. The average Bonchev–Trinajstić information content (AvgIpc) is 2.84. The highest BCUT2D eigenvalue weighted by molar-refractivity contribution is 7.98. The Bertz CT molecular complexity index is 626. The van der Waals surface area contributed by atoms with Crippen LogP contribution in [0.5, 0.6) is 5.75 Å². The van der Waals surface area contributed by atoms with Gasteiger partial charge in [0.15, 0.2) is 0 Å². The molecule has 1 aromatic carbocycles. The summed E-state index contributed by atoms with van der Waals surface area (Å²) in [7, 11) is 1.60. The van der Waals surface area contributed by atoms with Crippen molar-refractivity contribution in [2.45, 2.75) is 31.6 Å². The number of nitrogens with one attached hydrogen (secondary N) is 1. The zero-order chi connectivity index (χ0) is 16.1. The highest BCUT2D eigenvalue weighted by Gasteiger charge is 2.14. The van der Waals surface area contributed by atoms with Crippen molar-refractivity contribution in [3.63, 3.8) is 0 Å². The number of anilines is 1. The molecule has 1 amide bonds. The number of amides is 1. The fourth-order valence-corrected chi connectivity index (χ4v) is 2.84. The Morgan fingerprint density at radius 3 is 2.77 bits per heavy atom. The number of ether oxygens (including phenoxy) is 1. The van der Waals surface area contributed by atoms with E-state index in [1.807, 2.05) is 38.3 Å². The molecule has 6 heteroatoms. The van der Waals surface area contributed by atoms with Gasteiger partial charge in [0.1, 0.15) is 11.5 Å². The first-order valence-electron chi connectivity index (χ1n) is 6.99. The Hall–Kier alpha value is -1.95. The summed E-state index contributed by atoms with van der Waals surface area (Å²) in [5, 5.41) is 6.85. The quantitative estimate of drug-likeness (QED) is 0.824. The van der Waals surface area contributed by atoms with Crippen LogP contribution in [0.1, 0.15) is 23.4 Å². The number of thioether (sulfide) groups is 1. The largest absolute Gasteiger partial charge is 0.495 e. The predicted molar refractivity (Wildman–Crippen MR) is 87.7 cm³/mol. The summed E-state index contributed by atoms with van der Waals surface area (Å²) in [6.45, 7) is 3.75. The monoisotopic (exact) mass is 320 g/mol. The van der Waals surface area contributed by atoms with E-state index in [-0.39, 0.29) is 5.91 Å². The molecule has 118 valence electrons. The predicted octanol–water partition coefficient (Wildman–Crippen LogP) is 3.59. The minimum Gasteiger partial charge on any atom is -0.495 e. The Morgan fingerprint density at radius 1 is 1.41 bits per heavy atom. The number of para-hydroxylation sites is 1. The maximum Gasteiger partial charge on any atom is 0.224 e. The number of carbonyl (C=O) groups is 1. The standard InChI is InChI=1S/C16H20N2O3S/c1-10-12(11(2)21-18-10)8-9-15(19)17-16-13(20-3)6-5-7-14(16)22-4/h5-7H,8-9H2,1-4H3,(H,17,19). The molecule has 0 unspecified atom stereocenters. The summed E-state index contributed by atoms with van der Waals surface area (Å²) in [6.07, 6.45) is 2.94. The summed E-state index contributed by atoms with van der Waals surface area (Å²) in [5.41, 5.74) is 2.56. The van der Waals surface area contributed by atoms with Gasteiger partial charge in [-0.25, -0.2) is 0 Å². The van der Waals surface area contributed by atoms with E-state index in [9.17, 15) is 4.79 Å². The van der Waals surface area contributed by atoms with Crippen LogP contribution in [-0.4, -0.2) is 24.4 Å². The van der Waals surface area contributed by atoms with Gasteiger partial charge in [-0.1, -0.05) is 11.2 Å². The molecule has 0 aliphatic heterocycles. The maximum atomic E-state index is 12.2. The molecule has 0 atom stereocenters. The number of methoxy groups -OCH3 is 1. The molecule has 1 aromatic heterocycles. The zero-order valence-corrected chi connectivity index (χ0v) is 14.0. The number of aryl methyl sites for hydroxylation is 2. The second kappa shape index (κ2) is 7.35. The SMILES string of the molecule is COc1cccc(SC)c1NC(=O)CCc1c(C)noc1C. The van der Waals surface area contributed by atoms with Gasteiger partial charge < -0.3 is 14.6 Å². The lowest BCUT2D eigenvalue weighted by Crippen LogP contribution is -2.14. The number of rotatable bonds is 6. The van der Waals surface area contributed by atoms with E-state index in [0.717, 1.165) is 27.6 Å². The van der Waals surface area contributed by atoms with Gasteiger partial charge in [0.25, 0.3) is 0 Å². The third-order valence-electron chi connectivity index (χ3n) is 3.48. The van der Waals surface area contributed by atoms with E-state index >= 15 is 0 Å². The van der Waals surface area contributed by atoms with Gasteiger partial charge in [-0.15, -0.1) is 11.8 Å². The number of hydrogen-bond donors (Lipinski definition) is 1. The van der Waals surface area contributed by atoms with Gasteiger partial charge in [-0.05, 0) is 38.7 Å². The normalized spacial score (nSPS) is 10.5. The first-order valence-corrected chi connectivity index (χ1v) is 8.22. The fourth-order valence-electron chi connectivity index (χ4n) is 2.27. The van der Waals surface area contributed by atoms with Crippen LogP contribution < -0.4 is 10.1 Å². The topological polar surface area (TPSA) is 64.4 Å². The molecular formula is C16H20N2O3S. The smallest absolute Gasteiger partial charge is 0.224 e. The summed E-state index contributed by atoms with van der Waals surface area (Å²) in [4.78, 5) is 13.2. The lowest BCUT2D eigenvalue weighted by molar-refractivity contribution is -0.116. The number of benzene rings is 1.